The molecule has 7 heteroatoms. The summed E-state index contributed by atoms with van der Waals surface area (Å²) in [7, 11) is 0. The Morgan fingerprint density at radius 2 is 2.03 bits per heavy atom. The van der Waals surface area contributed by atoms with Gasteiger partial charge in [-0.3, -0.25) is 14.3 Å². The number of aromatic nitrogens is 2. The maximum absolute atomic E-state index is 13.1. The van der Waals surface area contributed by atoms with E-state index in [-0.39, 0.29) is 17.2 Å². The fourth-order valence-corrected chi connectivity index (χ4v) is 4.75. The summed E-state index contributed by atoms with van der Waals surface area (Å²) in [6, 6.07) is 7.42. The van der Waals surface area contributed by atoms with Gasteiger partial charge in [0.05, 0.1) is 23.9 Å². The van der Waals surface area contributed by atoms with Gasteiger partial charge in [-0.15, -0.1) is 0 Å². The van der Waals surface area contributed by atoms with Gasteiger partial charge in [0.15, 0.2) is 0 Å². The van der Waals surface area contributed by atoms with Crippen molar-refractivity contribution < 1.29 is 14.3 Å². The number of rotatable bonds is 2. The fraction of sp³-hybridized carbons (Fsp3) is 0.542. The van der Waals surface area contributed by atoms with E-state index in [1.54, 1.807) is 10.9 Å². The second-order valence-corrected chi connectivity index (χ2v) is 8.75. The van der Waals surface area contributed by atoms with Crippen LogP contribution in [0.5, 0.6) is 5.75 Å². The van der Waals surface area contributed by atoms with E-state index in [9.17, 15) is 9.59 Å². The van der Waals surface area contributed by atoms with Crippen LogP contribution in [0, 0.1) is 5.41 Å². The van der Waals surface area contributed by atoms with Crippen molar-refractivity contribution in [1.82, 2.24) is 20.0 Å². The molecule has 1 unspecified atom stereocenters. The van der Waals surface area contributed by atoms with Gasteiger partial charge < -0.3 is 15.0 Å². The monoisotopic (exact) mass is 424 g/mol. The van der Waals surface area contributed by atoms with Crippen molar-refractivity contribution in [1.29, 1.82) is 0 Å². The Balaban J connectivity index is 1.51. The Labute approximate surface area is 183 Å². The third-order valence-electron chi connectivity index (χ3n) is 6.52. The summed E-state index contributed by atoms with van der Waals surface area (Å²) in [6.45, 7) is 5.36. The number of aryl methyl sites for hydroxylation is 1. The van der Waals surface area contributed by atoms with Crippen LogP contribution >= 0.6 is 0 Å². The number of nitrogens with zero attached hydrogens (tertiary/aromatic N) is 3. The first-order valence-corrected chi connectivity index (χ1v) is 11.4. The lowest BCUT2D eigenvalue weighted by Crippen LogP contribution is -2.51. The average Bonchev–Trinajstić information content (AvgIpc) is 3.28. The molecule has 2 aromatic rings. The van der Waals surface area contributed by atoms with Crippen LogP contribution < -0.4 is 10.1 Å². The third kappa shape index (κ3) is 4.92. The molecule has 7 nitrogen and oxygen atoms in total. The van der Waals surface area contributed by atoms with E-state index in [2.05, 4.69) is 10.4 Å². The van der Waals surface area contributed by atoms with Crippen LogP contribution in [0.2, 0.25) is 0 Å². The number of hydrogen-bond acceptors (Lipinski definition) is 4. The Kier molecular flexibility index (Phi) is 6.59. The van der Waals surface area contributed by atoms with Crippen LogP contribution in [-0.2, 0) is 6.54 Å². The van der Waals surface area contributed by atoms with Crippen molar-refractivity contribution >= 4 is 11.8 Å². The van der Waals surface area contributed by atoms with Crippen LogP contribution in [0.25, 0.3) is 0 Å². The van der Waals surface area contributed by atoms with E-state index in [1.807, 2.05) is 42.3 Å². The molecule has 31 heavy (non-hydrogen) atoms. The number of fused-ring (bicyclic) bond motifs is 1. The predicted octanol–water partition coefficient (Wildman–Crippen LogP) is 3.51. The van der Waals surface area contributed by atoms with Crippen LogP contribution in [0.3, 0.4) is 0 Å². The number of amides is 2. The maximum Gasteiger partial charge on any atom is 0.257 e. The minimum atomic E-state index is -0.108. The molecule has 1 saturated heterocycles. The first-order chi connectivity index (χ1) is 15.1. The number of likely N-dealkylation sites (tertiary alicyclic amines) is 1. The van der Waals surface area contributed by atoms with Crippen molar-refractivity contribution in [3.63, 3.8) is 0 Å². The number of carbonyl (C=O) groups is 2. The largest absolute Gasteiger partial charge is 0.493 e. The smallest absolute Gasteiger partial charge is 0.257 e. The van der Waals surface area contributed by atoms with Crippen molar-refractivity contribution in [2.24, 2.45) is 5.41 Å². The topological polar surface area (TPSA) is 76.5 Å². The molecule has 166 valence electrons. The Bertz CT molecular complexity index is 925. The number of hydrogen-bond donors (Lipinski definition) is 1. The van der Waals surface area contributed by atoms with Gasteiger partial charge in [0, 0.05) is 37.8 Å². The number of piperidine rings is 1. The molecule has 0 radical (unpaired) electrons. The number of para-hydroxylation sites is 1. The summed E-state index contributed by atoms with van der Waals surface area (Å²) in [4.78, 5) is 28.0. The number of benzene rings is 1. The van der Waals surface area contributed by atoms with E-state index in [1.165, 1.54) is 0 Å². The molecule has 1 fully saturated rings. The number of nitrogens with one attached hydrogen (secondary N) is 1. The van der Waals surface area contributed by atoms with Crippen LogP contribution in [0.4, 0.5) is 0 Å². The van der Waals surface area contributed by atoms with Gasteiger partial charge in [0.1, 0.15) is 5.75 Å². The van der Waals surface area contributed by atoms with E-state index in [0.29, 0.717) is 36.6 Å². The van der Waals surface area contributed by atoms with E-state index >= 15 is 0 Å². The first kappa shape index (κ1) is 21.4. The van der Waals surface area contributed by atoms with Crippen molar-refractivity contribution in [2.75, 3.05) is 26.2 Å². The molecule has 1 spiro atoms. The summed E-state index contributed by atoms with van der Waals surface area (Å²) in [5.41, 5.74) is 1.12. The molecule has 0 aliphatic carbocycles. The van der Waals surface area contributed by atoms with Gasteiger partial charge in [-0.25, -0.2) is 0 Å². The minimum absolute atomic E-state index is 0.0370. The molecule has 0 saturated carbocycles. The zero-order chi connectivity index (χ0) is 21.7. The first-order valence-electron chi connectivity index (χ1n) is 11.4. The van der Waals surface area contributed by atoms with E-state index in [4.69, 9.17) is 4.74 Å². The summed E-state index contributed by atoms with van der Waals surface area (Å²) in [5.74, 6) is 0.571. The van der Waals surface area contributed by atoms with Crippen LogP contribution in [-0.4, -0.2) is 52.7 Å². The highest BCUT2D eigenvalue weighted by Gasteiger charge is 2.37. The van der Waals surface area contributed by atoms with Gasteiger partial charge in [0.25, 0.3) is 11.8 Å². The molecule has 1 N–H and O–H groups in total. The van der Waals surface area contributed by atoms with E-state index < -0.39 is 0 Å². The van der Waals surface area contributed by atoms with Gasteiger partial charge >= 0.3 is 0 Å². The lowest BCUT2D eigenvalue weighted by molar-refractivity contribution is 0.0468. The van der Waals surface area contributed by atoms with Crippen molar-refractivity contribution in [3.8, 4) is 5.75 Å². The Morgan fingerprint density at radius 1 is 1.19 bits per heavy atom. The third-order valence-corrected chi connectivity index (χ3v) is 6.52. The van der Waals surface area contributed by atoms with Gasteiger partial charge in [0.2, 0.25) is 0 Å². The number of carbonyl (C=O) groups excluding carboxylic acids is 2. The Hall–Kier alpha value is -2.83. The quantitative estimate of drug-likeness (QED) is 0.800. The van der Waals surface area contributed by atoms with Gasteiger partial charge in [-0.2, -0.15) is 5.10 Å². The summed E-state index contributed by atoms with van der Waals surface area (Å²) in [5, 5.41) is 7.41. The van der Waals surface area contributed by atoms with Crippen LogP contribution in [0.1, 0.15) is 66.2 Å². The molecule has 2 amide bonds. The summed E-state index contributed by atoms with van der Waals surface area (Å²) < 4.78 is 7.64. The SMILES string of the molecule is CCn1cc(C(=O)N2CCCC3(CCCCCOc4ccccc4C(=O)NC3)C2)cn1. The standard InChI is InChI=1S/C24H32N4O3/c1-2-28-16-19(15-26-28)23(30)27-13-8-12-24(18-27)11-6-3-7-14-31-21-10-5-4-9-20(21)22(29)25-17-24/h4-5,9-10,15-16H,2-3,6-8,11-14,17-18H2,1H3,(H,25,29). The molecule has 1 aromatic heterocycles. The molecule has 1 aromatic carbocycles. The lowest BCUT2D eigenvalue weighted by atomic mass is 9.75. The van der Waals surface area contributed by atoms with Crippen molar-refractivity contribution in [3.05, 3.63) is 47.8 Å². The average molecular weight is 425 g/mol. The molecule has 4 rings (SSSR count). The predicted molar refractivity (Wildman–Crippen MR) is 118 cm³/mol. The normalized spacial score (nSPS) is 22.6. The minimum Gasteiger partial charge on any atom is -0.493 e. The highest BCUT2D eigenvalue weighted by Crippen LogP contribution is 2.36. The molecule has 3 heterocycles. The zero-order valence-electron chi connectivity index (χ0n) is 18.3. The highest BCUT2D eigenvalue weighted by atomic mass is 16.5. The van der Waals surface area contributed by atoms with Crippen LogP contribution in [0.15, 0.2) is 36.7 Å². The number of ether oxygens (including phenoxy) is 1. The molecule has 0 bridgehead atoms. The summed E-state index contributed by atoms with van der Waals surface area (Å²) >= 11 is 0. The molecule has 2 aliphatic rings. The molecule has 2 aliphatic heterocycles. The highest BCUT2D eigenvalue weighted by molar-refractivity contribution is 5.97. The van der Waals surface area contributed by atoms with Crippen molar-refractivity contribution in [2.45, 2.75) is 52.0 Å². The zero-order valence-corrected chi connectivity index (χ0v) is 18.3. The maximum atomic E-state index is 13.1. The van der Waals surface area contributed by atoms with E-state index in [0.717, 1.165) is 51.6 Å². The second kappa shape index (κ2) is 9.54. The Morgan fingerprint density at radius 3 is 2.87 bits per heavy atom. The summed E-state index contributed by atoms with van der Waals surface area (Å²) in [6.07, 6.45) is 9.55. The molecule has 1 atom stereocenters. The second-order valence-electron chi connectivity index (χ2n) is 8.75. The molecular formula is C24H32N4O3. The van der Waals surface area contributed by atoms with Gasteiger partial charge in [-0.1, -0.05) is 25.0 Å². The van der Waals surface area contributed by atoms with Gasteiger partial charge in [-0.05, 0) is 44.7 Å². The lowest BCUT2D eigenvalue weighted by Gasteiger charge is -2.43. The fourth-order valence-electron chi connectivity index (χ4n) is 4.75. The molecular weight excluding hydrogens is 392 g/mol.